The monoisotopic (exact) mass is 288 g/mol. The Hall–Kier alpha value is -2.10. The quantitative estimate of drug-likeness (QED) is 0.908. The van der Waals surface area contributed by atoms with Gasteiger partial charge in [-0.1, -0.05) is 12.1 Å². The lowest BCUT2D eigenvalue weighted by molar-refractivity contribution is 0.623. The van der Waals surface area contributed by atoms with E-state index >= 15 is 0 Å². The maximum absolute atomic E-state index is 14.1. The molecular weight excluding hydrogens is 270 g/mol. The number of nitrogens with zero attached hydrogens (tertiary/aromatic N) is 1. The third kappa shape index (κ3) is 3.32. The largest absolute Gasteiger partial charge is 0.381 e. The van der Waals surface area contributed by atoms with E-state index < -0.39 is 0 Å². The highest BCUT2D eigenvalue weighted by Gasteiger charge is 2.16. The van der Waals surface area contributed by atoms with Crippen LogP contribution in [0.25, 0.3) is 0 Å². The molecular formula is C17H18F2N2. The molecule has 0 radical (unpaired) electrons. The summed E-state index contributed by atoms with van der Waals surface area (Å²) in [5, 5.41) is 3.16. The first-order valence-electron chi connectivity index (χ1n) is 7.25. The number of halogens is 2. The lowest BCUT2D eigenvalue weighted by Gasteiger charge is -2.19. The van der Waals surface area contributed by atoms with E-state index in [1.807, 2.05) is 12.1 Å². The summed E-state index contributed by atoms with van der Waals surface area (Å²) in [5.41, 5.74) is 2.38. The zero-order valence-electron chi connectivity index (χ0n) is 11.8. The fourth-order valence-electron chi connectivity index (χ4n) is 2.64. The molecule has 0 bridgehead atoms. The maximum Gasteiger partial charge on any atom is 0.148 e. The van der Waals surface area contributed by atoms with Gasteiger partial charge in [0.2, 0.25) is 0 Å². The Balaban J connectivity index is 1.66. The topological polar surface area (TPSA) is 15.3 Å². The minimum atomic E-state index is -0.250. The van der Waals surface area contributed by atoms with Gasteiger partial charge >= 0.3 is 0 Å². The second-order valence-corrected chi connectivity index (χ2v) is 5.34. The van der Waals surface area contributed by atoms with Gasteiger partial charge in [-0.25, -0.2) is 8.78 Å². The van der Waals surface area contributed by atoms with Crippen LogP contribution in [0.15, 0.2) is 42.5 Å². The molecule has 0 amide bonds. The first-order valence-corrected chi connectivity index (χ1v) is 7.25. The van der Waals surface area contributed by atoms with Crippen molar-refractivity contribution in [1.29, 1.82) is 0 Å². The van der Waals surface area contributed by atoms with E-state index in [1.54, 1.807) is 12.1 Å². The maximum atomic E-state index is 14.1. The number of benzene rings is 2. The van der Waals surface area contributed by atoms with Crippen molar-refractivity contribution >= 4 is 11.4 Å². The second kappa shape index (κ2) is 6.12. The molecule has 0 unspecified atom stereocenters. The van der Waals surface area contributed by atoms with Gasteiger partial charge in [0.25, 0.3) is 0 Å². The van der Waals surface area contributed by atoms with E-state index in [-0.39, 0.29) is 11.6 Å². The summed E-state index contributed by atoms with van der Waals surface area (Å²) in [7, 11) is 0. The smallest absolute Gasteiger partial charge is 0.148 e. The Kier molecular flexibility index (Phi) is 4.04. The van der Waals surface area contributed by atoms with Crippen LogP contribution in [0.2, 0.25) is 0 Å². The third-order valence-corrected chi connectivity index (χ3v) is 3.80. The van der Waals surface area contributed by atoms with Crippen LogP contribution in [0.3, 0.4) is 0 Å². The summed E-state index contributed by atoms with van der Waals surface area (Å²) in [6.45, 7) is 2.40. The van der Waals surface area contributed by atoms with Gasteiger partial charge in [-0.3, -0.25) is 0 Å². The average molecular weight is 288 g/mol. The van der Waals surface area contributed by atoms with Crippen molar-refractivity contribution in [3.8, 4) is 0 Å². The molecule has 3 rings (SSSR count). The van der Waals surface area contributed by atoms with Crippen LogP contribution >= 0.6 is 0 Å². The molecule has 0 atom stereocenters. The van der Waals surface area contributed by atoms with Crippen molar-refractivity contribution < 1.29 is 8.78 Å². The number of hydrogen-bond acceptors (Lipinski definition) is 2. The number of rotatable bonds is 4. The van der Waals surface area contributed by atoms with Gasteiger partial charge in [-0.15, -0.1) is 0 Å². The third-order valence-electron chi connectivity index (χ3n) is 3.80. The summed E-state index contributed by atoms with van der Waals surface area (Å²) in [6.07, 6.45) is 2.26. The van der Waals surface area contributed by atoms with Crippen LogP contribution in [-0.2, 0) is 6.54 Å². The summed E-state index contributed by atoms with van der Waals surface area (Å²) < 4.78 is 27.0. The highest BCUT2D eigenvalue weighted by Crippen LogP contribution is 2.26. The number of hydrogen-bond donors (Lipinski definition) is 1. The SMILES string of the molecule is Fc1ccc(CNc2ccc(N3CCCC3)c(F)c2)cc1. The first kappa shape index (κ1) is 13.9. The Labute approximate surface area is 123 Å². The molecule has 1 saturated heterocycles. The molecule has 0 saturated carbocycles. The Morgan fingerprint density at radius 1 is 0.952 bits per heavy atom. The van der Waals surface area contributed by atoms with Crippen LogP contribution in [0, 0.1) is 11.6 Å². The Morgan fingerprint density at radius 3 is 2.33 bits per heavy atom. The summed E-state index contributed by atoms with van der Waals surface area (Å²) in [5.74, 6) is -0.444. The fraction of sp³-hybridized carbons (Fsp3) is 0.294. The van der Waals surface area contributed by atoms with Gasteiger partial charge in [0.05, 0.1) is 5.69 Å². The predicted octanol–water partition coefficient (Wildman–Crippen LogP) is 4.18. The van der Waals surface area contributed by atoms with Crippen molar-refractivity contribution in [1.82, 2.24) is 0 Å². The molecule has 0 aromatic heterocycles. The molecule has 0 spiro atoms. The van der Waals surface area contributed by atoms with Crippen molar-refractivity contribution in [2.45, 2.75) is 19.4 Å². The van der Waals surface area contributed by atoms with Gasteiger partial charge in [0, 0.05) is 25.3 Å². The second-order valence-electron chi connectivity index (χ2n) is 5.34. The van der Waals surface area contributed by atoms with E-state index in [0.717, 1.165) is 37.2 Å². The molecule has 110 valence electrons. The fourth-order valence-corrected chi connectivity index (χ4v) is 2.64. The summed E-state index contributed by atoms with van der Waals surface area (Å²) in [6, 6.07) is 11.5. The van der Waals surface area contributed by atoms with Gasteiger partial charge in [0.15, 0.2) is 0 Å². The summed E-state index contributed by atoms with van der Waals surface area (Å²) in [4.78, 5) is 2.08. The number of nitrogens with one attached hydrogen (secondary N) is 1. The van der Waals surface area contributed by atoms with Gasteiger partial charge in [-0.05, 0) is 48.7 Å². The Morgan fingerprint density at radius 2 is 1.67 bits per heavy atom. The van der Waals surface area contributed by atoms with E-state index in [4.69, 9.17) is 0 Å². The van der Waals surface area contributed by atoms with E-state index in [9.17, 15) is 8.78 Å². The van der Waals surface area contributed by atoms with Crippen molar-refractivity contribution in [2.75, 3.05) is 23.3 Å². The number of anilines is 2. The molecule has 1 aliphatic rings. The standard InChI is InChI=1S/C17H18F2N2/c18-14-5-3-13(4-6-14)12-20-15-7-8-17(16(19)11-15)21-9-1-2-10-21/h3-8,11,20H,1-2,9-10,12H2. The molecule has 4 heteroatoms. The van der Waals surface area contributed by atoms with Crippen LogP contribution in [0.1, 0.15) is 18.4 Å². The minimum Gasteiger partial charge on any atom is -0.381 e. The zero-order valence-corrected chi connectivity index (χ0v) is 11.8. The van der Waals surface area contributed by atoms with Crippen molar-refractivity contribution in [2.24, 2.45) is 0 Å². The lowest BCUT2D eigenvalue weighted by Crippen LogP contribution is -2.18. The molecule has 0 aliphatic carbocycles. The minimum absolute atomic E-state index is 0.194. The van der Waals surface area contributed by atoms with E-state index in [2.05, 4.69) is 10.2 Å². The molecule has 1 fully saturated rings. The highest BCUT2D eigenvalue weighted by molar-refractivity contribution is 5.56. The molecule has 1 heterocycles. The summed E-state index contributed by atoms with van der Waals surface area (Å²) >= 11 is 0. The molecule has 1 aliphatic heterocycles. The normalized spacial score (nSPS) is 14.5. The Bertz CT molecular complexity index is 605. The van der Waals surface area contributed by atoms with Crippen molar-refractivity contribution in [3.63, 3.8) is 0 Å². The van der Waals surface area contributed by atoms with Crippen LogP contribution in [0.5, 0.6) is 0 Å². The molecule has 1 N–H and O–H groups in total. The van der Waals surface area contributed by atoms with Crippen LogP contribution in [0.4, 0.5) is 20.2 Å². The predicted molar refractivity (Wildman–Crippen MR) is 81.6 cm³/mol. The zero-order chi connectivity index (χ0) is 14.7. The van der Waals surface area contributed by atoms with E-state index in [1.165, 1.54) is 18.2 Å². The molecule has 21 heavy (non-hydrogen) atoms. The molecule has 2 nitrogen and oxygen atoms in total. The van der Waals surface area contributed by atoms with Crippen LogP contribution < -0.4 is 10.2 Å². The van der Waals surface area contributed by atoms with Crippen molar-refractivity contribution in [3.05, 3.63) is 59.7 Å². The molecule has 2 aromatic rings. The van der Waals surface area contributed by atoms with Crippen LogP contribution in [-0.4, -0.2) is 13.1 Å². The van der Waals surface area contributed by atoms with Gasteiger partial charge in [-0.2, -0.15) is 0 Å². The van der Waals surface area contributed by atoms with Gasteiger partial charge in [0.1, 0.15) is 11.6 Å². The van der Waals surface area contributed by atoms with E-state index in [0.29, 0.717) is 12.2 Å². The lowest BCUT2D eigenvalue weighted by atomic mass is 10.2. The highest BCUT2D eigenvalue weighted by atomic mass is 19.1. The first-order chi connectivity index (χ1) is 10.2. The average Bonchev–Trinajstić information content (AvgIpc) is 3.01. The molecule has 2 aromatic carbocycles. The van der Waals surface area contributed by atoms with Gasteiger partial charge < -0.3 is 10.2 Å².